The lowest BCUT2D eigenvalue weighted by Gasteiger charge is -2.16. The van der Waals surface area contributed by atoms with Crippen LogP contribution in [0.2, 0.25) is 0 Å². The number of carbonyl (C=O) groups excluding carboxylic acids is 1. The van der Waals surface area contributed by atoms with Gasteiger partial charge < -0.3 is 19.9 Å². The summed E-state index contributed by atoms with van der Waals surface area (Å²) in [7, 11) is 0. The molecule has 0 saturated carbocycles. The average molecular weight is 357 g/mol. The number of hydrogen-bond donors (Lipinski definition) is 2. The minimum atomic E-state index is -0.535. The number of rotatable bonds is 10. The summed E-state index contributed by atoms with van der Waals surface area (Å²) in [4.78, 5) is 11.9. The van der Waals surface area contributed by atoms with Crippen molar-refractivity contribution in [1.29, 1.82) is 0 Å². The van der Waals surface area contributed by atoms with E-state index < -0.39 is 12.1 Å². The van der Waals surface area contributed by atoms with Gasteiger partial charge in [-0.05, 0) is 36.1 Å². The molecular weight excluding hydrogens is 330 g/mol. The number of benzene rings is 2. The second kappa shape index (κ2) is 11.2. The number of ether oxygens (including phenoxy) is 2. The summed E-state index contributed by atoms with van der Waals surface area (Å²) in [6.07, 6.45) is 2.12. The van der Waals surface area contributed by atoms with Crippen molar-refractivity contribution in [3.05, 3.63) is 65.7 Å². The lowest BCUT2D eigenvalue weighted by molar-refractivity contribution is 0.129. The first kappa shape index (κ1) is 19.8. The summed E-state index contributed by atoms with van der Waals surface area (Å²) in [5.74, 6) is 0.831. The molecule has 2 N–H and O–H groups in total. The number of unbranched alkanes of at least 4 members (excludes halogenated alkanes) is 1. The number of amides is 1. The molecule has 0 aliphatic carbocycles. The molecule has 0 aliphatic heterocycles. The predicted molar refractivity (Wildman–Crippen MR) is 101 cm³/mol. The summed E-state index contributed by atoms with van der Waals surface area (Å²) < 4.78 is 10.8. The quantitative estimate of drug-likeness (QED) is 0.636. The van der Waals surface area contributed by atoms with E-state index in [2.05, 4.69) is 12.2 Å². The largest absolute Gasteiger partial charge is 0.494 e. The zero-order valence-electron chi connectivity index (χ0n) is 15.2. The smallest absolute Gasteiger partial charge is 0.407 e. The normalized spacial score (nSPS) is 11.6. The van der Waals surface area contributed by atoms with Gasteiger partial charge >= 0.3 is 6.09 Å². The first-order valence-electron chi connectivity index (χ1n) is 9.01. The average Bonchev–Trinajstić information content (AvgIpc) is 2.68. The van der Waals surface area contributed by atoms with E-state index >= 15 is 0 Å². The van der Waals surface area contributed by atoms with Gasteiger partial charge in [0.05, 0.1) is 19.3 Å². The Morgan fingerprint density at radius 2 is 1.81 bits per heavy atom. The molecule has 0 aromatic heterocycles. The molecule has 0 unspecified atom stereocenters. The van der Waals surface area contributed by atoms with E-state index in [0.29, 0.717) is 13.0 Å². The van der Waals surface area contributed by atoms with E-state index in [-0.39, 0.29) is 13.2 Å². The van der Waals surface area contributed by atoms with Crippen molar-refractivity contribution in [3.8, 4) is 5.75 Å². The fourth-order valence-electron chi connectivity index (χ4n) is 2.43. The highest BCUT2D eigenvalue weighted by molar-refractivity contribution is 5.67. The molecule has 0 saturated heterocycles. The van der Waals surface area contributed by atoms with Gasteiger partial charge in [0.15, 0.2) is 0 Å². The van der Waals surface area contributed by atoms with Crippen LogP contribution in [0.3, 0.4) is 0 Å². The molecule has 140 valence electrons. The zero-order valence-corrected chi connectivity index (χ0v) is 15.2. The highest BCUT2D eigenvalue weighted by Gasteiger charge is 2.13. The molecule has 0 heterocycles. The highest BCUT2D eigenvalue weighted by atomic mass is 16.5. The molecule has 1 amide bonds. The molecule has 5 nitrogen and oxygen atoms in total. The van der Waals surface area contributed by atoms with E-state index in [4.69, 9.17) is 9.47 Å². The van der Waals surface area contributed by atoms with E-state index in [0.717, 1.165) is 29.7 Å². The fourth-order valence-corrected chi connectivity index (χ4v) is 2.43. The van der Waals surface area contributed by atoms with Crippen molar-refractivity contribution in [1.82, 2.24) is 5.32 Å². The number of alkyl carbamates (subject to hydrolysis) is 1. The number of hydrogen-bond acceptors (Lipinski definition) is 4. The Hall–Kier alpha value is -2.53. The number of aliphatic hydroxyl groups excluding tert-OH is 1. The molecule has 26 heavy (non-hydrogen) atoms. The standard InChI is InChI=1S/C21H27NO4/c1-2-3-13-25-20-11-9-17(10-12-20)14-19(15-23)22-21(24)26-16-18-7-5-4-6-8-18/h4-12,19,23H,2-3,13-16H2,1H3,(H,22,24)/t19-/m0/s1. The van der Waals surface area contributed by atoms with Crippen LogP contribution in [0.4, 0.5) is 4.79 Å². The third-order valence-corrected chi connectivity index (χ3v) is 3.93. The zero-order chi connectivity index (χ0) is 18.6. The molecule has 0 radical (unpaired) electrons. The van der Waals surface area contributed by atoms with E-state index in [1.165, 1.54) is 0 Å². The SMILES string of the molecule is CCCCOc1ccc(C[C@@H](CO)NC(=O)OCc2ccccc2)cc1. The molecule has 0 fully saturated rings. The van der Waals surface area contributed by atoms with Crippen LogP contribution < -0.4 is 10.1 Å². The Bertz CT molecular complexity index is 643. The maximum Gasteiger partial charge on any atom is 0.407 e. The summed E-state index contributed by atoms with van der Waals surface area (Å²) in [6.45, 7) is 2.88. The van der Waals surface area contributed by atoms with Crippen molar-refractivity contribution < 1.29 is 19.4 Å². The minimum absolute atomic E-state index is 0.158. The van der Waals surface area contributed by atoms with Crippen LogP contribution in [0.25, 0.3) is 0 Å². The molecule has 0 aliphatic rings. The molecule has 2 aromatic carbocycles. The number of nitrogens with one attached hydrogen (secondary N) is 1. The van der Waals surface area contributed by atoms with Gasteiger partial charge in [-0.2, -0.15) is 0 Å². The maximum atomic E-state index is 11.9. The minimum Gasteiger partial charge on any atom is -0.494 e. The third kappa shape index (κ3) is 7.15. The molecule has 1 atom stereocenters. The van der Waals surface area contributed by atoms with Crippen LogP contribution >= 0.6 is 0 Å². The van der Waals surface area contributed by atoms with Crippen molar-refractivity contribution in [2.24, 2.45) is 0 Å². The Morgan fingerprint density at radius 3 is 2.46 bits per heavy atom. The molecule has 0 bridgehead atoms. The topological polar surface area (TPSA) is 67.8 Å². The molecule has 5 heteroatoms. The van der Waals surface area contributed by atoms with E-state index in [1.54, 1.807) is 0 Å². The van der Waals surface area contributed by atoms with Crippen molar-refractivity contribution in [2.75, 3.05) is 13.2 Å². The second-order valence-electron chi connectivity index (χ2n) is 6.14. The van der Waals surface area contributed by atoms with Crippen LogP contribution in [0.1, 0.15) is 30.9 Å². The van der Waals surface area contributed by atoms with Crippen LogP contribution in [0, 0.1) is 0 Å². The van der Waals surface area contributed by atoms with Gasteiger partial charge in [-0.1, -0.05) is 55.8 Å². The van der Waals surface area contributed by atoms with Gasteiger partial charge in [0, 0.05) is 0 Å². The maximum absolute atomic E-state index is 11.9. The Labute approximate surface area is 155 Å². The molecule has 2 aromatic rings. The van der Waals surface area contributed by atoms with Gasteiger partial charge in [0.25, 0.3) is 0 Å². The summed E-state index contributed by atoms with van der Waals surface area (Å²) >= 11 is 0. The number of aliphatic hydroxyl groups is 1. The van der Waals surface area contributed by atoms with Gasteiger partial charge in [-0.3, -0.25) is 0 Å². The Morgan fingerprint density at radius 1 is 1.08 bits per heavy atom. The van der Waals surface area contributed by atoms with E-state index in [9.17, 15) is 9.90 Å². The van der Waals surface area contributed by atoms with E-state index in [1.807, 2.05) is 54.6 Å². The van der Waals surface area contributed by atoms with Crippen LogP contribution in [-0.2, 0) is 17.8 Å². The lowest BCUT2D eigenvalue weighted by Crippen LogP contribution is -2.39. The monoisotopic (exact) mass is 357 g/mol. The van der Waals surface area contributed by atoms with Gasteiger partial charge in [-0.25, -0.2) is 4.79 Å². The fraction of sp³-hybridized carbons (Fsp3) is 0.381. The second-order valence-corrected chi connectivity index (χ2v) is 6.14. The molecule has 0 spiro atoms. The summed E-state index contributed by atoms with van der Waals surface area (Å²) in [5.41, 5.74) is 1.93. The highest BCUT2D eigenvalue weighted by Crippen LogP contribution is 2.14. The van der Waals surface area contributed by atoms with Crippen molar-refractivity contribution in [2.45, 2.75) is 38.8 Å². The van der Waals surface area contributed by atoms with Crippen LogP contribution in [0.5, 0.6) is 5.75 Å². The lowest BCUT2D eigenvalue weighted by atomic mass is 10.1. The van der Waals surface area contributed by atoms with Gasteiger partial charge in [0.1, 0.15) is 12.4 Å². The summed E-state index contributed by atoms with van der Waals surface area (Å²) in [5, 5.41) is 12.2. The third-order valence-electron chi connectivity index (χ3n) is 3.93. The predicted octanol–water partition coefficient (Wildman–Crippen LogP) is 3.70. The molecular formula is C21H27NO4. The Kier molecular flexibility index (Phi) is 8.49. The summed E-state index contributed by atoms with van der Waals surface area (Å²) in [6, 6.07) is 16.8. The van der Waals surface area contributed by atoms with Crippen LogP contribution in [0.15, 0.2) is 54.6 Å². The van der Waals surface area contributed by atoms with Gasteiger partial charge in [0.2, 0.25) is 0 Å². The van der Waals surface area contributed by atoms with Crippen LogP contribution in [-0.4, -0.2) is 30.5 Å². The van der Waals surface area contributed by atoms with Gasteiger partial charge in [-0.15, -0.1) is 0 Å². The van der Waals surface area contributed by atoms with Crippen molar-refractivity contribution in [3.63, 3.8) is 0 Å². The molecule has 2 rings (SSSR count). The Balaban J connectivity index is 1.78. The first-order valence-corrected chi connectivity index (χ1v) is 9.01. The first-order chi connectivity index (χ1) is 12.7. The number of carbonyl (C=O) groups is 1. The van der Waals surface area contributed by atoms with Crippen molar-refractivity contribution >= 4 is 6.09 Å².